The van der Waals surface area contributed by atoms with E-state index >= 15 is 0 Å². The molecule has 2 nitrogen and oxygen atoms in total. The normalized spacial score (nSPS) is 28.1. The molecule has 22 heavy (non-hydrogen) atoms. The van der Waals surface area contributed by atoms with Crippen molar-refractivity contribution in [1.29, 1.82) is 0 Å². The Morgan fingerprint density at radius 3 is 2.64 bits per heavy atom. The number of aliphatic hydroxyl groups is 1. The number of hydrogen-bond acceptors (Lipinski definition) is 3. The van der Waals surface area contributed by atoms with Crippen molar-refractivity contribution >= 4 is 17.5 Å². The molecule has 128 valence electrons. The molecule has 1 N–H and O–H groups in total. The van der Waals surface area contributed by atoms with E-state index in [1.54, 1.807) is 11.8 Å². The quantitative estimate of drug-likeness (QED) is 0.647. The maximum Gasteiger partial charge on any atom is 0.138 e. The minimum Gasteiger partial charge on any atom is -0.395 e. The second kappa shape index (κ2) is 8.01. The Morgan fingerprint density at radius 2 is 2.14 bits per heavy atom. The number of Topliss-reactive ketones (excluding diaryl/α,β-unsaturated/α-hetero) is 1. The van der Waals surface area contributed by atoms with Gasteiger partial charge in [0.1, 0.15) is 5.78 Å². The predicted octanol–water partition coefficient (Wildman–Crippen LogP) is 4.86. The van der Waals surface area contributed by atoms with Gasteiger partial charge in [0.05, 0.1) is 6.61 Å². The average molecular weight is 327 g/mol. The highest BCUT2D eigenvalue weighted by Gasteiger charge is 2.40. The summed E-state index contributed by atoms with van der Waals surface area (Å²) < 4.78 is -0.123. The molecule has 1 aliphatic rings. The lowest BCUT2D eigenvalue weighted by Gasteiger charge is -2.39. The highest BCUT2D eigenvalue weighted by atomic mass is 32.2. The molecule has 0 fully saturated rings. The lowest BCUT2D eigenvalue weighted by molar-refractivity contribution is -0.128. The van der Waals surface area contributed by atoms with Gasteiger partial charge in [0.2, 0.25) is 0 Å². The van der Waals surface area contributed by atoms with E-state index in [1.165, 1.54) is 0 Å². The minimum absolute atomic E-state index is 0.0549. The van der Waals surface area contributed by atoms with E-state index in [0.717, 1.165) is 19.3 Å². The predicted molar refractivity (Wildman–Crippen MR) is 97.3 cm³/mol. The molecule has 0 spiro atoms. The van der Waals surface area contributed by atoms with Crippen LogP contribution in [0.15, 0.2) is 12.2 Å². The zero-order chi connectivity index (χ0) is 17.0. The van der Waals surface area contributed by atoms with Crippen molar-refractivity contribution in [3.05, 3.63) is 12.2 Å². The summed E-state index contributed by atoms with van der Waals surface area (Å²) in [6.07, 6.45) is 8.05. The van der Waals surface area contributed by atoms with Gasteiger partial charge in [0.25, 0.3) is 0 Å². The summed E-state index contributed by atoms with van der Waals surface area (Å²) in [4.78, 5) is 12.9. The van der Waals surface area contributed by atoms with Crippen molar-refractivity contribution in [3.63, 3.8) is 0 Å². The zero-order valence-corrected chi connectivity index (χ0v) is 16.0. The number of rotatable bonds is 8. The van der Waals surface area contributed by atoms with Crippen molar-refractivity contribution in [2.75, 3.05) is 6.61 Å². The molecule has 3 heteroatoms. The molecular weight excluding hydrogens is 292 g/mol. The summed E-state index contributed by atoms with van der Waals surface area (Å²) in [5.41, 5.74) is 0.0549. The van der Waals surface area contributed by atoms with Gasteiger partial charge in [-0.2, -0.15) is 0 Å². The third-order valence-electron chi connectivity index (χ3n) is 4.89. The van der Waals surface area contributed by atoms with Crippen LogP contribution in [0.2, 0.25) is 0 Å². The molecule has 0 heterocycles. The van der Waals surface area contributed by atoms with Crippen molar-refractivity contribution < 1.29 is 9.90 Å². The fraction of sp³-hybridized carbons (Fsp3) is 0.842. The maximum atomic E-state index is 12.9. The molecule has 1 rings (SSSR count). The van der Waals surface area contributed by atoms with Crippen molar-refractivity contribution in [1.82, 2.24) is 0 Å². The summed E-state index contributed by atoms with van der Waals surface area (Å²) in [7, 11) is 0. The number of ketones is 1. The van der Waals surface area contributed by atoms with Crippen LogP contribution in [0.4, 0.5) is 0 Å². The number of carbonyl (C=O) groups is 1. The fourth-order valence-corrected chi connectivity index (χ4v) is 5.52. The van der Waals surface area contributed by atoms with E-state index in [4.69, 9.17) is 0 Å². The van der Waals surface area contributed by atoms with E-state index < -0.39 is 0 Å². The molecule has 0 amide bonds. The van der Waals surface area contributed by atoms with Crippen molar-refractivity contribution in [3.8, 4) is 0 Å². The van der Waals surface area contributed by atoms with Crippen LogP contribution < -0.4 is 0 Å². The minimum atomic E-state index is -0.123. The second-order valence-electron chi connectivity index (χ2n) is 7.91. The third kappa shape index (κ3) is 5.13. The highest BCUT2D eigenvalue weighted by molar-refractivity contribution is 8.01. The third-order valence-corrected chi connectivity index (χ3v) is 6.36. The summed E-state index contributed by atoms with van der Waals surface area (Å²) in [5, 5.41) is 9.91. The molecule has 4 unspecified atom stereocenters. The summed E-state index contributed by atoms with van der Waals surface area (Å²) >= 11 is 1.78. The Labute approximate surface area is 141 Å². The number of hydrogen-bond donors (Lipinski definition) is 1. The molecule has 0 radical (unpaired) electrons. The largest absolute Gasteiger partial charge is 0.395 e. The highest BCUT2D eigenvalue weighted by Crippen LogP contribution is 2.43. The fourth-order valence-electron chi connectivity index (χ4n) is 3.91. The molecule has 4 atom stereocenters. The molecule has 1 aliphatic carbocycles. The van der Waals surface area contributed by atoms with E-state index in [1.807, 2.05) is 0 Å². The van der Waals surface area contributed by atoms with E-state index in [0.29, 0.717) is 18.1 Å². The Morgan fingerprint density at radius 1 is 1.50 bits per heavy atom. The summed E-state index contributed by atoms with van der Waals surface area (Å²) in [6, 6.07) is 0. The van der Waals surface area contributed by atoms with Crippen LogP contribution >= 0.6 is 11.8 Å². The molecule has 0 saturated heterocycles. The SMILES string of the molecule is CCCC(C)(CO)SC(C)CC(=O)C1C(C)C=CCC1(C)C. The molecule has 0 saturated carbocycles. The molecular formula is C19H34O2S. The molecule has 0 aromatic rings. The topological polar surface area (TPSA) is 37.3 Å². The Kier molecular flexibility index (Phi) is 7.20. The first-order chi connectivity index (χ1) is 10.1. The van der Waals surface area contributed by atoms with Crippen LogP contribution in [0.3, 0.4) is 0 Å². The number of carbonyl (C=O) groups excluding carboxylic acids is 1. The van der Waals surface area contributed by atoms with Gasteiger partial charge in [0.15, 0.2) is 0 Å². The lowest BCUT2D eigenvalue weighted by atomic mass is 9.65. The lowest BCUT2D eigenvalue weighted by Crippen LogP contribution is -2.38. The van der Waals surface area contributed by atoms with Crippen LogP contribution in [-0.2, 0) is 4.79 Å². The second-order valence-corrected chi connectivity index (χ2v) is 9.94. The zero-order valence-electron chi connectivity index (χ0n) is 15.2. The van der Waals surface area contributed by atoms with Crippen LogP contribution in [0.25, 0.3) is 0 Å². The first-order valence-electron chi connectivity index (χ1n) is 8.63. The Hall–Kier alpha value is -0.280. The molecule has 0 aromatic heterocycles. The molecule has 0 bridgehead atoms. The van der Waals surface area contributed by atoms with E-state index in [2.05, 4.69) is 53.7 Å². The van der Waals surface area contributed by atoms with Gasteiger partial charge in [-0.15, -0.1) is 11.8 Å². The maximum absolute atomic E-state index is 12.9. The van der Waals surface area contributed by atoms with Crippen LogP contribution in [0.1, 0.15) is 67.2 Å². The van der Waals surface area contributed by atoms with E-state index in [-0.39, 0.29) is 27.9 Å². The summed E-state index contributed by atoms with van der Waals surface area (Å²) in [5.74, 6) is 0.832. The number of thioether (sulfide) groups is 1. The van der Waals surface area contributed by atoms with Crippen molar-refractivity contribution in [2.24, 2.45) is 17.3 Å². The Balaban J connectivity index is 2.69. The first-order valence-corrected chi connectivity index (χ1v) is 9.51. The first kappa shape index (κ1) is 19.8. The molecule has 0 aromatic carbocycles. The van der Waals surface area contributed by atoms with Gasteiger partial charge in [-0.25, -0.2) is 0 Å². The smallest absolute Gasteiger partial charge is 0.138 e. The molecule has 0 aliphatic heterocycles. The Bertz CT molecular complexity index is 402. The van der Waals surface area contributed by atoms with Crippen LogP contribution in [0, 0.1) is 17.3 Å². The van der Waals surface area contributed by atoms with Gasteiger partial charge < -0.3 is 5.11 Å². The number of allylic oxidation sites excluding steroid dienone is 2. The van der Waals surface area contributed by atoms with E-state index in [9.17, 15) is 9.90 Å². The monoisotopic (exact) mass is 326 g/mol. The van der Waals surface area contributed by atoms with Gasteiger partial charge in [-0.05, 0) is 31.1 Å². The average Bonchev–Trinajstić information content (AvgIpc) is 2.37. The van der Waals surface area contributed by atoms with Crippen LogP contribution in [0.5, 0.6) is 0 Å². The van der Waals surface area contributed by atoms with Gasteiger partial charge >= 0.3 is 0 Å². The van der Waals surface area contributed by atoms with Crippen molar-refractivity contribution in [2.45, 2.75) is 77.2 Å². The van der Waals surface area contributed by atoms with Gasteiger partial charge in [-0.3, -0.25) is 4.79 Å². The summed E-state index contributed by atoms with van der Waals surface area (Å²) in [6.45, 7) is 13.1. The van der Waals surface area contributed by atoms with Gasteiger partial charge in [0, 0.05) is 22.3 Å². The van der Waals surface area contributed by atoms with Gasteiger partial charge in [-0.1, -0.05) is 53.2 Å². The number of aliphatic hydroxyl groups excluding tert-OH is 1. The van der Waals surface area contributed by atoms with Crippen LogP contribution in [-0.4, -0.2) is 27.5 Å². The standard InChI is InChI=1S/C19H34O2S/c1-7-10-19(6,13-20)22-15(3)12-16(21)17-14(2)9-8-11-18(17,4)5/h8-9,14-15,17,20H,7,10-13H2,1-6H3.